The highest BCUT2D eigenvalue weighted by molar-refractivity contribution is 6.03. The first kappa shape index (κ1) is 18.4. The van der Waals surface area contributed by atoms with E-state index in [1.807, 2.05) is 6.07 Å². The molecule has 0 fully saturated rings. The molecule has 2 heterocycles. The minimum atomic E-state index is -4.57. The van der Waals surface area contributed by atoms with Crippen molar-refractivity contribution in [1.82, 2.24) is 9.97 Å². The summed E-state index contributed by atoms with van der Waals surface area (Å²) in [5.74, 6) is -0.725. The monoisotopic (exact) mass is 372 g/mol. The lowest BCUT2D eigenvalue weighted by Crippen LogP contribution is -2.17. The summed E-state index contributed by atoms with van der Waals surface area (Å²) in [4.78, 5) is 20.3. The van der Waals surface area contributed by atoms with Crippen LogP contribution in [0.3, 0.4) is 0 Å². The van der Waals surface area contributed by atoms with Crippen molar-refractivity contribution in [3.05, 3.63) is 83.9 Å². The van der Waals surface area contributed by atoms with E-state index < -0.39 is 17.6 Å². The number of pyridine rings is 2. The largest absolute Gasteiger partial charge is 0.418 e. The SMILES string of the molecule is O=C(Nc1ccccc1C(F)(F)F)c1cc(NCc2cccnc2)ccn1. The van der Waals surface area contributed by atoms with Crippen molar-refractivity contribution in [2.24, 2.45) is 0 Å². The lowest BCUT2D eigenvalue weighted by Gasteiger charge is -2.13. The van der Waals surface area contributed by atoms with Gasteiger partial charge in [-0.05, 0) is 35.9 Å². The van der Waals surface area contributed by atoms with Crippen molar-refractivity contribution in [2.45, 2.75) is 12.7 Å². The number of carbonyl (C=O) groups excluding carboxylic acids is 1. The van der Waals surface area contributed by atoms with Gasteiger partial charge >= 0.3 is 6.18 Å². The van der Waals surface area contributed by atoms with Crippen LogP contribution < -0.4 is 10.6 Å². The molecule has 27 heavy (non-hydrogen) atoms. The molecule has 0 radical (unpaired) electrons. The minimum absolute atomic E-state index is 0.00293. The fourth-order valence-corrected chi connectivity index (χ4v) is 2.40. The topological polar surface area (TPSA) is 66.9 Å². The number of hydrogen-bond acceptors (Lipinski definition) is 4. The highest BCUT2D eigenvalue weighted by atomic mass is 19.4. The summed E-state index contributed by atoms with van der Waals surface area (Å²) in [7, 11) is 0. The van der Waals surface area contributed by atoms with Crippen LogP contribution in [0, 0.1) is 0 Å². The average molecular weight is 372 g/mol. The third-order valence-electron chi connectivity index (χ3n) is 3.69. The number of rotatable bonds is 5. The smallest absolute Gasteiger partial charge is 0.381 e. The fourth-order valence-electron chi connectivity index (χ4n) is 2.40. The van der Waals surface area contributed by atoms with Gasteiger partial charge < -0.3 is 10.6 Å². The van der Waals surface area contributed by atoms with Crippen molar-refractivity contribution in [3.8, 4) is 0 Å². The van der Waals surface area contributed by atoms with E-state index in [-0.39, 0.29) is 11.4 Å². The van der Waals surface area contributed by atoms with Crippen LogP contribution in [0.2, 0.25) is 0 Å². The third-order valence-corrected chi connectivity index (χ3v) is 3.69. The van der Waals surface area contributed by atoms with Gasteiger partial charge in [-0.2, -0.15) is 13.2 Å². The van der Waals surface area contributed by atoms with Gasteiger partial charge in [0.2, 0.25) is 0 Å². The molecular formula is C19H15F3N4O. The molecule has 0 bridgehead atoms. The maximum atomic E-state index is 13.0. The zero-order valence-electron chi connectivity index (χ0n) is 14.0. The molecule has 0 spiro atoms. The van der Waals surface area contributed by atoms with Gasteiger partial charge in [0.05, 0.1) is 11.3 Å². The number of hydrogen-bond donors (Lipinski definition) is 2. The maximum absolute atomic E-state index is 13.0. The van der Waals surface area contributed by atoms with Gasteiger partial charge in [0.1, 0.15) is 5.69 Å². The van der Waals surface area contributed by atoms with E-state index in [1.165, 1.54) is 30.5 Å². The van der Waals surface area contributed by atoms with Crippen molar-refractivity contribution < 1.29 is 18.0 Å². The number of amides is 1. The first-order valence-corrected chi connectivity index (χ1v) is 8.00. The second kappa shape index (κ2) is 7.86. The number of alkyl halides is 3. The second-order valence-corrected chi connectivity index (χ2v) is 5.64. The lowest BCUT2D eigenvalue weighted by atomic mass is 10.1. The van der Waals surface area contributed by atoms with Gasteiger partial charge in [0.25, 0.3) is 5.91 Å². The normalized spacial score (nSPS) is 11.1. The van der Waals surface area contributed by atoms with Gasteiger partial charge in [-0.1, -0.05) is 18.2 Å². The van der Waals surface area contributed by atoms with Gasteiger partial charge in [-0.15, -0.1) is 0 Å². The average Bonchev–Trinajstić information content (AvgIpc) is 2.67. The zero-order chi connectivity index (χ0) is 19.3. The Kier molecular flexibility index (Phi) is 5.35. The van der Waals surface area contributed by atoms with E-state index in [9.17, 15) is 18.0 Å². The van der Waals surface area contributed by atoms with E-state index in [1.54, 1.807) is 24.5 Å². The molecule has 1 amide bonds. The number of anilines is 2. The Labute approximate surface area is 153 Å². The molecule has 138 valence electrons. The van der Waals surface area contributed by atoms with E-state index in [0.717, 1.165) is 11.6 Å². The molecule has 8 heteroatoms. The molecule has 0 aliphatic heterocycles. The third kappa shape index (κ3) is 4.81. The Balaban J connectivity index is 1.73. The summed E-state index contributed by atoms with van der Waals surface area (Å²) >= 11 is 0. The summed E-state index contributed by atoms with van der Waals surface area (Å²) in [6.07, 6.45) is 0.216. The highest BCUT2D eigenvalue weighted by Crippen LogP contribution is 2.34. The first-order valence-electron chi connectivity index (χ1n) is 8.00. The van der Waals surface area contributed by atoms with Gasteiger partial charge in [0.15, 0.2) is 0 Å². The molecule has 0 unspecified atom stereocenters. The van der Waals surface area contributed by atoms with Gasteiger partial charge in [-0.25, -0.2) is 0 Å². The standard InChI is InChI=1S/C19H15F3N4O/c20-19(21,22)15-5-1-2-6-16(15)26-18(27)17-10-14(7-9-24-17)25-12-13-4-3-8-23-11-13/h1-11H,12H2,(H,24,25)(H,26,27). The number of benzene rings is 1. The van der Waals surface area contributed by atoms with Crippen LogP contribution in [0.25, 0.3) is 0 Å². The van der Waals surface area contributed by atoms with Crippen LogP contribution in [0.1, 0.15) is 21.6 Å². The van der Waals surface area contributed by atoms with E-state index >= 15 is 0 Å². The Hall–Kier alpha value is -3.42. The highest BCUT2D eigenvalue weighted by Gasteiger charge is 2.33. The van der Waals surface area contributed by atoms with Crippen molar-refractivity contribution >= 4 is 17.3 Å². The number of para-hydroxylation sites is 1. The van der Waals surface area contributed by atoms with Crippen LogP contribution in [0.5, 0.6) is 0 Å². The molecular weight excluding hydrogens is 357 g/mol. The molecule has 2 N–H and O–H groups in total. The van der Waals surface area contributed by atoms with Crippen LogP contribution in [-0.2, 0) is 12.7 Å². The van der Waals surface area contributed by atoms with Crippen molar-refractivity contribution in [3.63, 3.8) is 0 Å². The van der Waals surface area contributed by atoms with Crippen LogP contribution in [0.4, 0.5) is 24.5 Å². The van der Waals surface area contributed by atoms with E-state index in [4.69, 9.17) is 0 Å². The lowest BCUT2D eigenvalue weighted by molar-refractivity contribution is -0.136. The van der Waals surface area contributed by atoms with Crippen molar-refractivity contribution in [2.75, 3.05) is 10.6 Å². The number of nitrogens with zero attached hydrogens (tertiary/aromatic N) is 2. The number of nitrogens with one attached hydrogen (secondary N) is 2. The van der Waals surface area contributed by atoms with Crippen LogP contribution >= 0.6 is 0 Å². The summed E-state index contributed by atoms with van der Waals surface area (Å²) in [6, 6.07) is 11.6. The Morgan fingerprint density at radius 2 is 1.85 bits per heavy atom. The summed E-state index contributed by atoms with van der Waals surface area (Å²) in [6.45, 7) is 0.482. The molecule has 5 nitrogen and oxygen atoms in total. The summed E-state index contributed by atoms with van der Waals surface area (Å²) in [5, 5.41) is 5.39. The molecule has 0 aliphatic rings. The molecule has 3 aromatic rings. The summed E-state index contributed by atoms with van der Waals surface area (Å²) < 4.78 is 39.1. The Morgan fingerprint density at radius 1 is 1.04 bits per heavy atom. The van der Waals surface area contributed by atoms with Crippen LogP contribution in [-0.4, -0.2) is 15.9 Å². The molecule has 1 aromatic carbocycles. The molecule has 0 saturated carbocycles. The minimum Gasteiger partial charge on any atom is -0.381 e. The molecule has 3 rings (SSSR count). The van der Waals surface area contributed by atoms with Gasteiger partial charge in [0, 0.05) is 30.8 Å². The maximum Gasteiger partial charge on any atom is 0.418 e. The Morgan fingerprint density at radius 3 is 2.59 bits per heavy atom. The second-order valence-electron chi connectivity index (χ2n) is 5.64. The van der Waals surface area contributed by atoms with Crippen LogP contribution in [0.15, 0.2) is 67.1 Å². The van der Waals surface area contributed by atoms with E-state index in [2.05, 4.69) is 20.6 Å². The van der Waals surface area contributed by atoms with Crippen molar-refractivity contribution in [1.29, 1.82) is 0 Å². The van der Waals surface area contributed by atoms with Gasteiger partial charge in [-0.3, -0.25) is 14.8 Å². The zero-order valence-corrected chi connectivity index (χ0v) is 14.0. The molecule has 2 aromatic heterocycles. The quantitative estimate of drug-likeness (QED) is 0.698. The number of aromatic nitrogens is 2. The fraction of sp³-hybridized carbons (Fsp3) is 0.105. The molecule has 0 aliphatic carbocycles. The molecule has 0 saturated heterocycles. The number of halogens is 3. The Bertz CT molecular complexity index is 929. The molecule has 0 atom stereocenters. The first-order chi connectivity index (χ1) is 12.9. The summed E-state index contributed by atoms with van der Waals surface area (Å²) in [5.41, 5.74) is 0.334. The van der Waals surface area contributed by atoms with E-state index in [0.29, 0.717) is 12.2 Å². The number of carbonyl (C=O) groups is 1. The predicted molar refractivity (Wildman–Crippen MR) is 95.2 cm³/mol. The predicted octanol–water partition coefficient (Wildman–Crippen LogP) is 4.36.